The highest BCUT2D eigenvalue weighted by Gasteiger charge is 2.32. The van der Waals surface area contributed by atoms with Gasteiger partial charge in [0, 0.05) is 31.7 Å². The van der Waals surface area contributed by atoms with E-state index in [2.05, 4.69) is 15.5 Å². The molecule has 2 heterocycles. The largest absolute Gasteiger partial charge is 0.333 e. The highest BCUT2D eigenvalue weighted by Crippen LogP contribution is 2.22. The van der Waals surface area contributed by atoms with Gasteiger partial charge < -0.3 is 10.2 Å². The molecule has 136 valence electrons. The highest BCUT2D eigenvalue weighted by atomic mass is 32.2. The molecular weight excluding hydrogens is 330 g/mol. The Labute approximate surface area is 143 Å². The summed E-state index contributed by atoms with van der Waals surface area (Å²) in [5.74, 6) is 0. The Morgan fingerprint density at radius 2 is 1.83 bits per heavy atom. The maximum Gasteiger partial charge on any atom is 0.317 e. The second-order valence-corrected chi connectivity index (χ2v) is 9.06. The molecule has 0 atom stereocenters. The van der Waals surface area contributed by atoms with Gasteiger partial charge in [-0.2, -0.15) is 9.40 Å². The monoisotopic (exact) mass is 357 g/mol. The van der Waals surface area contributed by atoms with Crippen LogP contribution in [0.4, 0.5) is 4.79 Å². The van der Waals surface area contributed by atoms with E-state index < -0.39 is 10.0 Å². The molecule has 1 saturated heterocycles. The number of sulfonamides is 1. The smallest absolute Gasteiger partial charge is 0.317 e. The Kier molecular flexibility index (Phi) is 5.24. The van der Waals surface area contributed by atoms with Crippen molar-refractivity contribution in [1.29, 1.82) is 0 Å². The number of nitrogens with zero attached hydrogens (tertiary/aromatic N) is 3. The number of aromatic nitrogens is 2. The van der Waals surface area contributed by atoms with Crippen LogP contribution in [0.1, 0.15) is 38.6 Å². The van der Waals surface area contributed by atoms with Gasteiger partial charge in [0.1, 0.15) is 4.90 Å². The average molecular weight is 357 g/mol. The van der Waals surface area contributed by atoms with Gasteiger partial charge in [0.2, 0.25) is 10.0 Å². The first kappa shape index (κ1) is 18.7. The van der Waals surface area contributed by atoms with Gasteiger partial charge in [-0.1, -0.05) is 0 Å². The van der Waals surface area contributed by atoms with Crippen LogP contribution in [0.3, 0.4) is 0 Å². The molecule has 2 N–H and O–H groups in total. The Hall–Kier alpha value is -1.61. The lowest BCUT2D eigenvalue weighted by Gasteiger charge is -2.27. The molecular formula is C15H27N5O3S. The predicted octanol–water partition coefficient (Wildman–Crippen LogP) is 1.23. The van der Waals surface area contributed by atoms with Crippen molar-refractivity contribution in [1.82, 2.24) is 24.7 Å². The van der Waals surface area contributed by atoms with Gasteiger partial charge in [-0.05, 0) is 41.0 Å². The summed E-state index contributed by atoms with van der Waals surface area (Å²) < 4.78 is 27.2. The van der Waals surface area contributed by atoms with Gasteiger partial charge in [-0.3, -0.25) is 5.10 Å². The molecule has 0 unspecified atom stereocenters. The first-order valence-corrected chi connectivity index (χ1v) is 9.55. The van der Waals surface area contributed by atoms with Crippen molar-refractivity contribution in [2.45, 2.75) is 51.5 Å². The van der Waals surface area contributed by atoms with E-state index in [0.717, 1.165) is 0 Å². The number of aromatic amines is 1. The van der Waals surface area contributed by atoms with Crippen LogP contribution in [0.15, 0.2) is 4.90 Å². The Morgan fingerprint density at radius 3 is 2.38 bits per heavy atom. The second-order valence-electron chi connectivity index (χ2n) is 7.19. The third kappa shape index (κ3) is 4.07. The summed E-state index contributed by atoms with van der Waals surface area (Å²) in [7, 11) is -3.61. The lowest BCUT2D eigenvalue weighted by atomic mass is 10.1. The quantitative estimate of drug-likeness (QED) is 0.832. The molecule has 2 amide bonds. The first-order valence-electron chi connectivity index (χ1n) is 8.11. The van der Waals surface area contributed by atoms with Crippen LogP contribution < -0.4 is 5.32 Å². The van der Waals surface area contributed by atoms with E-state index in [4.69, 9.17) is 0 Å². The summed E-state index contributed by atoms with van der Waals surface area (Å²) in [4.78, 5) is 14.2. The maximum atomic E-state index is 12.9. The van der Waals surface area contributed by atoms with Crippen molar-refractivity contribution in [3.63, 3.8) is 0 Å². The lowest BCUT2D eigenvalue weighted by Crippen LogP contribution is -2.49. The van der Waals surface area contributed by atoms with E-state index in [1.54, 1.807) is 18.7 Å². The van der Waals surface area contributed by atoms with Gasteiger partial charge in [0.05, 0.1) is 11.4 Å². The summed E-state index contributed by atoms with van der Waals surface area (Å²) in [5.41, 5.74) is 0.693. The number of rotatable bonds is 2. The Bertz CT molecular complexity index is 686. The Balaban J connectivity index is 2.12. The van der Waals surface area contributed by atoms with Crippen molar-refractivity contribution in [2.75, 3.05) is 26.2 Å². The number of hydrogen-bond acceptors (Lipinski definition) is 4. The molecule has 0 aromatic carbocycles. The number of hydrogen-bond donors (Lipinski definition) is 2. The van der Waals surface area contributed by atoms with Gasteiger partial charge in [0.25, 0.3) is 0 Å². The van der Waals surface area contributed by atoms with Crippen molar-refractivity contribution < 1.29 is 13.2 Å². The molecule has 24 heavy (non-hydrogen) atoms. The molecule has 1 aliphatic rings. The van der Waals surface area contributed by atoms with Gasteiger partial charge in [-0.25, -0.2) is 13.2 Å². The number of nitrogens with one attached hydrogen (secondary N) is 2. The number of carbonyl (C=O) groups is 1. The minimum Gasteiger partial charge on any atom is -0.333 e. The summed E-state index contributed by atoms with van der Waals surface area (Å²) in [6.07, 6.45) is 0.604. The zero-order chi connectivity index (χ0) is 18.1. The molecule has 0 radical (unpaired) electrons. The van der Waals surface area contributed by atoms with Gasteiger partial charge in [0.15, 0.2) is 0 Å². The van der Waals surface area contributed by atoms with Crippen LogP contribution in [0.25, 0.3) is 0 Å². The molecule has 2 rings (SSSR count). The van der Waals surface area contributed by atoms with Crippen LogP contribution in [-0.4, -0.2) is 65.6 Å². The summed E-state index contributed by atoms with van der Waals surface area (Å²) in [6.45, 7) is 10.7. The number of urea groups is 1. The van der Waals surface area contributed by atoms with Crippen molar-refractivity contribution in [3.05, 3.63) is 11.4 Å². The van der Waals surface area contributed by atoms with Crippen LogP contribution in [0, 0.1) is 13.8 Å². The van der Waals surface area contributed by atoms with Gasteiger partial charge in [-0.15, -0.1) is 0 Å². The third-order valence-electron chi connectivity index (χ3n) is 3.88. The molecule has 1 aromatic rings. The fourth-order valence-electron chi connectivity index (χ4n) is 2.79. The van der Waals surface area contributed by atoms with Crippen LogP contribution in [0.5, 0.6) is 0 Å². The molecule has 8 nitrogen and oxygen atoms in total. The normalized spacial score (nSPS) is 17.6. The highest BCUT2D eigenvalue weighted by molar-refractivity contribution is 7.89. The molecule has 9 heteroatoms. The first-order chi connectivity index (χ1) is 11.0. The fraction of sp³-hybridized carbons (Fsp3) is 0.733. The number of carbonyl (C=O) groups excluding carboxylic acids is 1. The van der Waals surface area contributed by atoms with Gasteiger partial charge >= 0.3 is 6.03 Å². The van der Waals surface area contributed by atoms with E-state index in [1.165, 1.54) is 4.31 Å². The topological polar surface area (TPSA) is 98.4 Å². The minimum atomic E-state index is -3.61. The minimum absolute atomic E-state index is 0.155. The fourth-order valence-corrected chi connectivity index (χ4v) is 4.59. The SMILES string of the molecule is Cc1n[nH]c(C)c1S(=O)(=O)N1CCCN(C(=O)NC(C)(C)C)CC1. The third-order valence-corrected chi connectivity index (χ3v) is 6.04. The van der Waals surface area contributed by atoms with Crippen LogP contribution >= 0.6 is 0 Å². The number of amides is 2. The second kappa shape index (κ2) is 6.72. The predicted molar refractivity (Wildman–Crippen MR) is 91.3 cm³/mol. The molecule has 0 bridgehead atoms. The number of aryl methyl sites for hydroxylation is 2. The maximum absolute atomic E-state index is 12.9. The molecule has 1 fully saturated rings. The van der Waals surface area contributed by atoms with E-state index in [9.17, 15) is 13.2 Å². The average Bonchev–Trinajstić information content (AvgIpc) is 2.65. The summed E-state index contributed by atoms with van der Waals surface area (Å²) in [5, 5.41) is 9.62. The standard InChI is InChI=1S/C15H27N5O3S/c1-11-13(12(2)18-17-11)24(22,23)20-8-6-7-19(9-10-20)14(21)16-15(3,4)5/h6-10H2,1-5H3,(H,16,21)(H,17,18). The lowest BCUT2D eigenvalue weighted by molar-refractivity contribution is 0.191. The Morgan fingerprint density at radius 1 is 1.17 bits per heavy atom. The van der Waals surface area contributed by atoms with Crippen LogP contribution in [-0.2, 0) is 10.0 Å². The molecule has 1 aromatic heterocycles. The zero-order valence-electron chi connectivity index (χ0n) is 15.0. The molecule has 0 saturated carbocycles. The van der Waals surface area contributed by atoms with Crippen molar-refractivity contribution in [2.24, 2.45) is 0 Å². The van der Waals surface area contributed by atoms with E-state index in [1.807, 2.05) is 20.8 Å². The summed E-state index contributed by atoms with van der Waals surface area (Å²) >= 11 is 0. The number of H-pyrrole nitrogens is 1. The summed E-state index contributed by atoms with van der Waals surface area (Å²) in [6, 6.07) is -0.155. The van der Waals surface area contributed by atoms with Crippen LogP contribution in [0.2, 0.25) is 0 Å². The van der Waals surface area contributed by atoms with Crippen molar-refractivity contribution >= 4 is 16.1 Å². The zero-order valence-corrected chi connectivity index (χ0v) is 15.8. The molecule has 0 aliphatic carbocycles. The van der Waals surface area contributed by atoms with E-state index in [-0.39, 0.29) is 23.0 Å². The van der Waals surface area contributed by atoms with E-state index >= 15 is 0 Å². The molecule has 1 aliphatic heterocycles. The molecule has 0 spiro atoms. The van der Waals surface area contributed by atoms with E-state index in [0.29, 0.717) is 37.4 Å². The van der Waals surface area contributed by atoms with Crippen molar-refractivity contribution in [3.8, 4) is 0 Å².